The van der Waals surface area contributed by atoms with Gasteiger partial charge in [-0.3, -0.25) is 4.68 Å². The van der Waals surface area contributed by atoms with Crippen LogP contribution < -0.4 is 0 Å². The third kappa shape index (κ3) is 1.88. The van der Waals surface area contributed by atoms with Gasteiger partial charge in [0, 0.05) is 13.2 Å². The van der Waals surface area contributed by atoms with Crippen LogP contribution in [-0.2, 0) is 19.5 Å². The van der Waals surface area contributed by atoms with Crippen molar-refractivity contribution in [2.45, 2.75) is 12.4 Å². The maximum atomic E-state index is 5.97. The number of benzene rings is 1. The van der Waals surface area contributed by atoms with Crippen LogP contribution in [0.5, 0.6) is 0 Å². The molecule has 0 aliphatic rings. The van der Waals surface area contributed by atoms with E-state index in [0.717, 1.165) is 22.6 Å². The minimum absolute atomic E-state index is 0.404. The summed E-state index contributed by atoms with van der Waals surface area (Å²) in [7, 11) is 1.91. The van der Waals surface area contributed by atoms with E-state index in [0.29, 0.717) is 12.4 Å². The van der Waals surface area contributed by atoms with Crippen LogP contribution in [0.15, 0.2) is 36.5 Å². The van der Waals surface area contributed by atoms with E-state index in [-0.39, 0.29) is 0 Å². The number of fused-ring (bicyclic) bond motifs is 1. The van der Waals surface area contributed by atoms with Crippen molar-refractivity contribution in [3.05, 3.63) is 48.0 Å². The maximum absolute atomic E-state index is 5.97. The van der Waals surface area contributed by atoms with Gasteiger partial charge in [-0.1, -0.05) is 12.1 Å². The first-order valence-corrected chi connectivity index (χ1v) is 6.30. The third-order valence-electron chi connectivity index (χ3n) is 2.94. The van der Waals surface area contributed by atoms with Crippen LogP contribution in [0.4, 0.5) is 0 Å². The largest absolute Gasteiger partial charge is 0.321 e. The van der Waals surface area contributed by atoms with Crippen molar-refractivity contribution in [1.29, 1.82) is 0 Å². The second kappa shape index (κ2) is 4.46. The molecular formula is C13H13ClN4. The number of aryl methyl sites for hydroxylation is 1. The monoisotopic (exact) mass is 260 g/mol. The highest BCUT2D eigenvalue weighted by Crippen LogP contribution is 2.18. The molecule has 2 aromatic heterocycles. The molecule has 0 radical (unpaired) electrons. The topological polar surface area (TPSA) is 35.6 Å². The van der Waals surface area contributed by atoms with Gasteiger partial charge in [-0.2, -0.15) is 5.10 Å². The number of hydrogen-bond acceptors (Lipinski definition) is 2. The van der Waals surface area contributed by atoms with E-state index in [1.54, 1.807) is 4.68 Å². The summed E-state index contributed by atoms with van der Waals surface area (Å²) in [5, 5.41) is 4.39. The van der Waals surface area contributed by atoms with E-state index in [4.69, 9.17) is 11.6 Å². The Morgan fingerprint density at radius 1 is 1.22 bits per heavy atom. The van der Waals surface area contributed by atoms with Crippen molar-refractivity contribution >= 4 is 22.6 Å². The lowest BCUT2D eigenvalue weighted by Gasteiger charge is -2.05. The molecule has 1 aromatic carbocycles. The molecule has 0 N–H and O–H groups in total. The molecule has 0 unspecified atom stereocenters. The quantitative estimate of drug-likeness (QED) is 0.679. The van der Waals surface area contributed by atoms with Crippen LogP contribution in [0, 0.1) is 0 Å². The Balaban J connectivity index is 2.09. The minimum atomic E-state index is 0.404. The molecule has 0 fully saturated rings. The summed E-state index contributed by atoms with van der Waals surface area (Å²) in [6.45, 7) is 0.698. The molecule has 0 spiro atoms. The fraction of sp³-hybridized carbons (Fsp3) is 0.231. The Morgan fingerprint density at radius 2 is 2.06 bits per heavy atom. The van der Waals surface area contributed by atoms with Crippen LogP contribution in [0.3, 0.4) is 0 Å². The summed E-state index contributed by atoms with van der Waals surface area (Å²) in [5.41, 5.74) is 3.08. The highest BCUT2D eigenvalue weighted by atomic mass is 35.5. The van der Waals surface area contributed by atoms with Gasteiger partial charge in [0.05, 0.1) is 29.2 Å². The Morgan fingerprint density at radius 3 is 2.78 bits per heavy atom. The van der Waals surface area contributed by atoms with Gasteiger partial charge in [0.1, 0.15) is 5.82 Å². The molecule has 3 aromatic rings. The molecule has 2 heterocycles. The van der Waals surface area contributed by atoms with Crippen LogP contribution in [-0.4, -0.2) is 19.3 Å². The summed E-state index contributed by atoms with van der Waals surface area (Å²) in [6, 6.07) is 10.1. The molecule has 3 rings (SSSR count). The molecule has 4 nitrogen and oxygen atoms in total. The summed E-state index contributed by atoms with van der Waals surface area (Å²) < 4.78 is 3.92. The Labute approximate surface area is 110 Å². The Bertz CT molecular complexity index is 683. The number of halogens is 1. The molecule has 0 saturated carbocycles. The number of nitrogens with zero attached hydrogens (tertiary/aromatic N) is 4. The van der Waals surface area contributed by atoms with Gasteiger partial charge in [0.25, 0.3) is 0 Å². The number of aromatic nitrogens is 4. The lowest BCUT2D eigenvalue weighted by Crippen LogP contribution is -2.05. The van der Waals surface area contributed by atoms with Crippen molar-refractivity contribution in [3.63, 3.8) is 0 Å². The molecule has 0 aliphatic carbocycles. The molecule has 0 atom stereocenters. The minimum Gasteiger partial charge on any atom is -0.321 e. The fourth-order valence-corrected chi connectivity index (χ4v) is 2.32. The zero-order chi connectivity index (χ0) is 12.5. The summed E-state index contributed by atoms with van der Waals surface area (Å²) >= 11 is 5.97. The van der Waals surface area contributed by atoms with Gasteiger partial charge >= 0.3 is 0 Å². The van der Waals surface area contributed by atoms with Gasteiger partial charge in [-0.05, 0) is 18.2 Å². The first-order valence-electron chi connectivity index (χ1n) is 5.76. The fourth-order valence-electron chi connectivity index (χ4n) is 2.11. The first-order chi connectivity index (χ1) is 8.78. The first kappa shape index (κ1) is 11.3. The van der Waals surface area contributed by atoms with Crippen LogP contribution in [0.1, 0.15) is 11.5 Å². The average Bonchev–Trinajstić information content (AvgIpc) is 2.94. The summed E-state index contributed by atoms with van der Waals surface area (Å²) in [5.74, 6) is 1.28. The number of rotatable bonds is 3. The lowest BCUT2D eigenvalue weighted by molar-refractivity contribution is 0.701. The van der Waals surface area contributed by atoms with Crippen molar-refractivity contribution in [2.24, 2.45) is 7.05 Å². The highest BCUT2D eigenvalue weighted by Gasteiger charge is 2.10. The van der Waals surface area contributed by atoms with Crippen molar-refractivity contribution < 1.29 is 0 Å². The van der Waals surface area contributed by atoms with E-state index in [1.165, 1.54) is 0 Å². The van der Waals surface area contributed by atoms with Gasteiger partial charge < -0.3 is 4.57 Å². The van der Waals surface area contributed by atoms with Crippen LogP contribution >= 0.6 is 11.6 Å². The van der Waals surface area contributed by atoms with Crippen LogP contribution in [0.2, 0.25) is 0 Å². The van der Waals surface area contributed by atoms with Crippen molar-refractivity contribution in [2.75, 3.05) is 0 Å². The molecule has 5 heteroatoms. The average molecular weight is 261 g/mol. The number of imidazole rings is 1. The summed E-state index contributed by atoms with van der Waals surface area (Å²) in [6.07, 6.45) is 1.94. The second-order valence-corrected chi connectivity index (χ2v) is 4.48. The molecular weight excluding hydrogens is 248 g/mol. The predicted molar refractivity (Wildman–Crippen MR) is 71.6 cm³/mol. The van der Waals surface area contributed by atoms with E-state index < -0.39 is 0 Å². The van der Waals surface area contributed by atoms with Crippen molar-refractivity contribution in [1.82, 2.24) is 19.3 Å². The standard InChI is InChI=1S/C13H13ClN4/c1-17-7-6-10(16-17)9-18-12-5-3-2-4-11(12)15-13(18)8-14/h2-7H,8-9H2,1H3. The zero-order valence-electron chi connectivity index (χ0n) is 10.0. The van der Waals surface area contributed by atoms with Crippen molar-refractivity contribution in [3.8, 4) is 0 Å². The number of alkyl halides is 1. The van der Waals surface area contributed by atoms with E-state index in [9.17, 15) is 0 Å². The molecule has 92 valence electrons. The molecule has 0 saturated heterocycles. The van der Waals surface area contributed by atoms with Gasteiger partial charge in [-0.15, -0.1) is 11.6 Å². The molecule has 18 heavy (non-hydrogen) atoms. The predicted octanol–water partition coefficient (Wildman–Crippen LogP) is 2.56. The number of hydrogen-bond donors (Lipinski definition) is 0. The van der Waals surface area contributed by atoms with Gasteiger partial charge in [-0.25, -0.2) is 4.98 Å². The molecule has 0 bridgehead atoms. The normalized spacial score (nSPS) is 11.2. The smallest absolute Gasteiger partial charge is 0.125 e. The van der Waals surface area contributed by atoms with Gasteiger partial charge in [0.15, 0.2) is 0 Å². The van der Waals surface area contributed by atoms with E-state index in [2.05, 4.69) is 20.7 Å². The Hall–Kier alpha value is -1.81. The lowest BCUT2D eigenvalue weighted by atomic mass is 10.3. The van der Waals surface area contributed by atoms with E-state index in [1.807, 2.05) is 37.5 Å². The number of para-hydroxylation sites is 2. The van der Waals surface area contributed by atoms with E-state index >= 15 is 0 Å². The second-order valence-electron chi connectivity index (χ2n) is 4.22. The van der Waals surface area contributed by atoms with Gasteiger partial charge in [0.2, 0.25) is 0 Å². The summed E-state index contributed by atoms with van der Waals surface area (Å²) in [4.78, 5) is 4.53. The zero-order valence-corrected chi connectivity index (χ0v) is 10.8. The SMILES string of the molecule is Cn1ccc(Cn2c(CCl)nc3ccccc32)n1. The highest BCUT2D eigenvalue weighted by molar-refractivity contribution is 6.16. The molecule has 0 aliphatic heterocycles. The molecule has 0 amide bonds. The van der Waals surface area contributed by atoms with Crippen LogP contribution in [0.25, 0.3) is 11.0 Å². The third-order valence-corrected chi connectivity index (χ3v) is 3.18. The Kier molecular flexibility index (Phi) is 2.80. The maximum Gasteiger partial charge on any atom is 0.125 e.